The molecule has 0 aromatic carbocycles. The van der Waals surface area contributed by atoms with Crippen LogP contribution in [0.4, 0.5) is 0 Å². The lowest BCUT2D eigenvalue weighted by Gasteiger charge is -2.02. The van der Waals surface area contributed by atoms with Crippen molar-refractivity contribution in [3.8, 4) is 10.7 Å². The summed E-state index contributed by atoms with van der Waals surface area (Å²) in [6.45, 7) is 4.36. The van der Waals surface area contributed by atoms with E-state index in [0.717, 1.165) is 35.1 Å². The predicted molar refractivity (Wildman–Crippen MR) is 88.1 cm³/mol. The number of ether oxygens (including phenoxy) is 1. The smallest absolute Gasteiger partial charge is 0.144 e. The zero-order valence-corrected chi connectivity index (χ0v) is 14.3. The Balaban J connectivity index is 2.29. The van der Waals surface area contributed by atoms with Crippen LogP contribution in [0, 0.1) is 0 Å². The molecule has 0 bridgehead atoms. The number of rotatable bonds is 7. The summed E-state index contributed by atoms with van der Waals surface area (Å²) in [6, 6.07) is 1.68. The van der Waals surface area contributed by atoms with Gasteiger partial charge in [-0.2, -0.15) is 0 Å². The summed E-state index contributed by atoms with van der Waals surface area (Å²) < 4.78 is 5.22. The molecule has 0 fully saturated rings. The molecule has 0 aliphatic heterocycles. The summed E-state index contributed by atoms with van der Waals surface area (Å²) in [7, 11) is 1.66. The highest BCUT2D eigenvalue weighted by Gasteiger charge is 2.15. The van der Waals surface area contributed by atoms with E-state index in [9.17, 15) is 0 Å². The van der Waals surface area contributed by atoms with Gasteiger partial charge in [0, 0.05) is 24.7 Å². The highest BCUT2D eigenvalue weighted by Crippen LogP contribution is 2.33. The molecule has 0 saturated carbocycles. The average Bonchev–Trinajstić information content (AvgIpc) is 2.82. The second kappa shape index (κ2) is 8.06. The van der Waals surface area contributed by atoms with E-state index in [1.54, 1.807) is 30.7 Å². The molecular weight excluding hydrogens is 329 g/mol. The lowest BCUT2D eigenvalue weighted by Crippen LogP contribution is -2.14. The molecule has 114 valence electrons. The molecule has 0 saturated heterocycles. The van der Waals surface area contributed by atoms with Crippen molar-refractivity contribution in [2.24, 2.45) is 0 Å². The van der Waals surface area contributed by atoms with Crippen LogP contribution in [0.1, 0.15) is 23.9 Å². The van der Waals surface area contributed by atoms with Crippen LogP contribution in [-0.4, -0.2) is 23.6 Å². The van der Waals surface area contributed by atoms with Crippen LogP contribution >= 0.6 is 34.5 Å². The van der Waals surface area contributed by atoms with E-state index in [-0.39, 0.29) is 0 Å². The molecule has 0 aliphatic carbocycles. The van der Waals surface area contributed by atoms with Crippen molar-refractivity contribution in [1.29, 1.82) is 0 Å². The van der Waals surface area contributed by atoms with Gasteiger partial charge in [-0.05, 0) is 19.0 Å². The normalized spacial score (nSPS) is 11.0. The first-order valence-corrected chi connectivity index (χ1v) is 8.22. The first-order chi connectivity index (χ1) is 10.2. The highest BCUT2D eigenvalue weighted by atomic mass is 35.5. The maximum Gasteiger partial charge on any atom is 0.144 e. The van der Waals surface area contributed by atoms with Gasteiger partial charge in [-0.3, -0.25) is 4.98 Å². The maximum absolute atomic E-state index is 6.20. The molecule has 0 aliphatic rings. The lowest BCUT2D eigenvalue weighted by atomic mass is 10.3. The van der Waals surface area contributed by atoms with Crippen LogP contribution < -0.4 is 5.32 Å². The first-order valence-electron chi connectivity index (χ1n) is 6.65. The van der Waals surface area contributed by atoms with Gasteiger partial charge in [0.25, 0.3) is 0 Å². The molecule has 0 atom stereocenters. The van der Waals surface area contributed by atoms with Crippen LogP contribution in [0.5, 0.6) is 0 Å². The van der Waals surface area contributed by atoms with Crippen molar-refractivity contribution in [2.75, 3.05) is 13.7 Å². The molecule has 0 unspecified atom stereocenters. The van der Waals surface area contributed by atoms with Gasteiger partial charge < -0.3 is 10.1 Å². The third kappa shape index (κ3) is 4.37. The quantitative estimate of drug-likeness (QED) is 0.765. The fourth-order valence-electron chi connectivity index (χ4n) is 1.82. The summed E-state index contributed by atoms with van der Waals surface area (Å²) in [4.78, 5) is 10.0. The van der Waals surface area contributed by atoms with E-state index in [0.29, 0.717) is 22.3 Å². The van der Waals surface area contributed by atoms with Gasteiger partial charge in [0.2, 0.25) is 0 Å². The first kappa shape index (κ1) is 16.6. The number of hydrogen-bond acceptors (Lipinski definition) is 5. The van der Waals surface area contributed by atoms with Crippen LogP contribution in [0.15, 0.2) is 12.3 Å². The highest BCUT2D eigenvalue weighted by molar-refractivity contribution is 7.15. The fraction of sp³-hybridized carbons (Fsp3) is 0.429. The van der Waals surface area contributed by atoms with E-state index in [4.69, 9.17) is 27.9 Å². The third-order valence-electron chi connectivity index (χ3n) is 2.78. The molecule has 0 spiro atoms. The largest absolute Gasteiger partial charge is 0.378 e. The Kier molecular flexibility index (Phi) is 6.39. The lowest BCUT2D eigenvalue weighted by molar-refractivity contribution is 0.181. The van der Waals surface area contributed by atoms with E-state index in [1.165, 1.54) is 0 Å². The van der Waals surface area contributed by atoms with Gasteiger partial charge in [-0.1, -0.05) is 30.1 Å². The number of pyridine rings is 1. The van der Waals surface area contributed by atoms with E-state index >= 15 is 0 Å². The Morgan fingerprint density at radius 1 is 1.38 bits per heavy atom. The molecule has 4 nitrogen and oxygen atoms in total. The standard InChI is InChI=1S/C14H17Cl2N3OS/c1-3-4-17-7-12-11(8-20-2)19-14(21-12)13-10(16)5-9(15)6-18-13/h5-6,17H,3-4,7-8H2,1-2H3. The van der Waals surface area contributed by atoms with E-state index in [2.05, 4.69) is 22.2 Å². The monoisotopic (exact) mass is 345 g/mol. The van der Waals surface area contributed by atoms with Gasteiger partial charge in [0.1, 0.15) is 10.7 Å². The van der Waals surface area contributed by atoms with E-state index in [1.807, 2.05) is 0 Å². The molecule has 7 heteroatoms. The van der Waals surface area contributed by atoms with Gasteiger partial charge in [0.05, 0.1) is 22.3 Å². The molecule has 2 aromatic heterocycles. The van der Waals surface area contributed by atoms with Gasteiger partial charge >= 0.3 is 0 Å². The van der Waals surface area contributed by atoms with Gasteiger partial charge in [0.15, 0.2) is 0 Å². The number of thiazole rings is 1. The van der Waals surface area contributed by atoms with Crippen molar-refractivity contribution < 1.29 is 4.74 Å². The Bertz CT molecular complexity index is 604. The Hall–Kier alpha value is -0.720. The summed E-state index contributed by atoms with van der Waals surface area (Å²) >= 11 is 13.7. The second-order valence-electron chi connectivity index (χ2n) is 4.48. The minimum Gasteiger partial charge on any atom is -0.378 e. The molecule has 21 heavy (non-hydrogen) atoms. The zero-order valence-electron chi connectivity index (χ0n) is 11.9. The second-order valence-corrected chi connectivity index (χ2v) is 6.41. The third-order valence-corrected chi connectivity index (χ3v) is 4.38. The number of nitrogens with one attached hydrogen (secondary N) is 1. The number of hydrogen-bond donors (Lipinski definition) is 1. The topological polar surface area (TPSA) is 47.0 Å². The Morgan fingerprint density at radius 2 is 2.19 bits per heavy atom. The summed E-state index contributed by atoms with van der Waals surface area (Å²) in [6.07, 6.45) is 2.67. The van der Waals surface area contributed by atoms with Gasteiger partial charge in [-0.25, -0.2) is 4.98 Å². The predicted octanol–water partition coefficient (Wildman–Crippen LogP) is 4.16. The molecular formula is C14H17Cl2N3OS. The van der Waals surface area contributed by atoms with Crippen molar-refractivity contribution in [2.45, 2.75) is 26.5 Å². The van der Waals surface area contributed by atoms with Gasteiger partial charge in [-0.15, -0.1) is 11.3 Å². The zero-order chi connectivity index (χ0) is 15.2. The Labute approximate surface area is 138 Å². The minimum atomic E-state index is 0.477. The summed E-state index contributed by atoms with van der Waals surface area (Å²) in [5, 5.41) is 5.19. The molecule has 2 rings (SSSR count). The van der Waals surface area contributed by atoms with Crippen LogP contribution in [-0.2, 0) is 17.9 Å². The number of halogens is 2. The van der Waals surface area contributed by atoms with Crippen LogP contribution in [0.25, 0.3) is 10.7 Å². The Morgan fingerprint density at radius 3 is 2.86 bits per heavy atom. The minimum absolute atomic E-state index is 0.477. The van der Waals surface area contributed by atoms with Crippen molar-refractivity contribution >= 4 is 34.5 Å². The number of nitrogens with zero attached hydrogens (tertiary/aromatic N) is 2. The molecule has 0 amide bonds. The number of methoxy groups -OCH3 is 1. The summed E-state index contributed by atoms with van der Waals surface area (Å²) in [5.41, 5.74) is 1.58. The molecule has 2 aromatic rings. The van der Waals surface area contributed by atoms with Crippen LogP contribution in [0.2, 0.25) is 10.0 Å². The maximum atomic E-state index is 6.20. The SMILES string of the molecule is CCCNCc1sc(-c2ncc(Cl)cc2Cl)nc1COC. The molecule has 2 heterocycles. The fourth-order valence-corrected chi connectivity index (χ4v) is 3.39. The number of aromatic nitrogens is 2. The van der Waals surface area contributed by atoms with Crippen molar-refractivity contribution in [3.63, 3.8) is 0 Å². The van der Waals surface area contributed by atoms with Crippen molar-refractivity contribution in [1.82, 2.24) is 15.3 Å². The van der Waals surface area contributed by atoms with Crippen molar-refractivity contribution in [3.05, 3.63) is 32.9 Å². The summed E-state index contributed by atoms with van der Waals surface area (Å²) in [5.74, 6) is 0. The molecule has 1 N–H and O–H groups in total. The van der Waals surface area contributed by atoms with E-state index < -0.39 is 0 Å². The molecule has 0 radical (unpaired) electrons. The van der Waals surface area contributed by atoms with Crippen LogP contribution in [0.3, 0.4) is 0 Å². The average molecular weight is 346 g/mol.